The summed E-state index contributed by atoms with van der Waals surface area (Å²) in [6.07, 6.45) is 0. The monoisotopic (exact) mass is 293 g/mol. The van der Waals surface area contributed by atoms with Gasteiger partial charge in [-0.3, -0.25) is 9.59 Å². The Kier molecular flexibility index (Phi) is 6.02. The molecule has 0 heterocycles. The van der Waals surface area contributed by atoms with E-state index in [1.807, 2.05) is 13.8 Å². The molecule has 0 saturated carbocycles. The Labute approximate surface area is 125 Å². The van der Waals surface area contributed by atoms with Gasteiger partial charge in [-0.15, -0.1) is 0 Å². The highest BCUT2D eigenvalue weighted by molar-refractivity contribution is 5.99. The van der Waals surface area contributed by atoms with Crippen molar-refractivity contribution in [2.45, 2.75) is 13.8 Å². The van der Waals surface area contributed by atoms with Crippen LogP contribution in [0.2, 0.25) is 0 Å². The van der Waals surface area contributed by atoms with Crippen molar-refractivity contribution in [3.05, 3.63) is 23.8 Å². The van der Waals surface area contributed by atoms with Crippen LogP contribution in [0.4, 0.5) is 5.69 Å². The molecule has 0 aliphatic heterocycles. The number of likely N-dealkylation sites (N-methyl/N-ethyl adjacent to an activating group) is 1. The van der Waals surface area contributed by atoms with Crippen LogP contribution in [-0.4, -0.2) is 44.0 Å². The molecule has 1 rings (SSSR count). The number of carbonyl (C=O) groups is 2. The highest BCUT2D eigenvalue weighted by Crippen LogP contribution is 2.22. The van der Waals surface area contributed by atoms with Crippen LogP contribution in [0.1, 0.15) is 24.2 Å². The number of ether oxygens (including phenoxy) is 1. The number of rotatable bonds is 6. The van der Waals surface area contributed by atoms with Gasteiger partial charge in [-0.1, -0.05) is 13.8 Å². The molecule has 0 spiro atoms. The summed E-state index contributed by atoms with van der Waals surface area (Å²) in [4.78, 5) is 25.5. The summed E-state index contributed by atoms with van der Waals surface area (Å²) in [6.45, 7) is 4.59. The molecule has 0 bridgehead atoms. The minimum Gasteiger partial charge on any atom is -0.496 e. The zero-order valence-electron chi connectivity index (χ0n) is 13.0. The maximum absolute atomic E-state index is 12.4. The second kappa shape index (κ2) is 7.52. The number of nitrogens with one attached hydrogen (secondary N) is 1. The number of amides is 2. The fourth-order valence-electron chi connectivity index (χ4n) is 1.76. The second-order valence-electron chi connectivity index (χ2n) is 5.32. The van der Waals surface area contributed by atoms with Crippen LogP contribution in [0.5, 0.6) is 5.75 Å². The average Bonchev–Trinajstić information content (AvgIpc) is 2.44. The minimum atomic E-state index is -0.307. The van der Waals surface area contributed by atoms with Crippen LogP contribution in [0, 0.1) is 5.92 Å². The number of nitrogens with zero attached hydrogens (tertiary/aromatic N) is 1. The zero-order valence-corrected chi connectivity index (χ0v) is 13.0. The molecule has 0 fully saturated rings. The second-order valence-corrected chi connectivity index (χ2v) is 5.32. The summed E-state index contributed by atoms with van der Waals surface area (Å²) in [5, 5.41) is 2.77. The molecule has 21 heavy (non-hydrogen) atoms. The van der Waals surface area contributed by atoms with E-state index in [1.165, 1.54) is 12.0 Å². The third-order valence-corrected chi connectivity index (χ3v) is 2.89. The molecule has 0 atom stereocenters. The fourth-order valence-corrected chi connectivity index (χ4v) is 1.76. The topological polar surface area (TPSA) is 84.7 Å². The van der Waals surface area contributed by atoms with Crippen LogP contribution in [0.3, 0.4) is 0 Å². The summed E-state index contributed by atoms with van der Waals surface area (Å²) in [7, 11) is 3.05. The first-order chi connectivity index (χ1) is 9.85. The minimum absolute atomic E-state index is 0.0104. The number of hydrogen-bond donors (Lipinski definition) is 2. The van der Waals surface area contributed by atoms with Gasteiger partial charge in [0, 0.05) is 19.3 Å². The van der Waals surface area contributed by atoms with E-state index in [9.17, 15) is 9.59 Å². The lowest BCUT2D eigenvalue weighted by molar-refractivity contribution is -0.121. The van der Waals surface area contributed by atoms with Crippen LogP contribution < -0.4 is 15.8 Å². The number of hydrogen-bond acceptors (Lipinski definition) is 4. The SMILES string of the molecule is COc1ccc(N)cc1C(=O)N(C)CC(=O)NCC(C)C. The van der Waals surface area contributed by atoms with Crippen molar-refractivity contribution in [3.8, 4) is 5.75 Å². The maximum atomic E-state index is 12.4. The standard InChI is InChI=1S/C15H23N3O3/c1-10(2)8-17-14(19)9-18(3)15(20)12-7-11(16)5-6-13(12)21-4/h5-7,10H,8-9,16H2,1-4H3,(H,17,19). The van der Waals surface area contributed by atoms with E-state index in [4.69, 9.17) is 10.5 Å². The summed E-state index contributed by atoms with van der Waals surface area (Å²) in [5.74, 6) is 0.300. The third kappa shape index (κ3) is 4.98. The molecular weight excluding hydrogens is 270 g/mol. The predicted octanol–water partition coefficient (Wildman–Crippen LogP) is 1.12. The van der Waals surface area contributed by atoms with Crippen molar-refractivity contribution in [2.75, 3.05) is 33.0 Å². The number of methoxy groups -OCH3 is 1. The van der Waals surface area contributed by atoms with Gasteiger partial charge in [0.1, 0.15) is 5.75 Å². The molecular formula is C15H23N3O3. The summed E-state index contributed by atoms with van der Waals surface area (Å²) in [6, 6.07) is 4.84. The molecule has 0 saturated heterocycles. The molecule has 6 nitrogen and oxygen atoms in total. The van der Waals surface area contributed by atoms with Crippen LogP contribution >= 0.6 is 0 Å². The molecule has 0 unspecified atom stereocenters. The van der Waals surface area contributed by atoms with E-state index < -0.39 is 0 Å². The van der Waals surface area contributed by atoms with E-state index in [0.29, 0.717) is 29.5 Å². The molecule has 0 radical (unpaired) electrons. The molecule has 1 aromatic carbocycles. The maximum Gasteiger partial charge on any atom is 0.257 e. The molecule has 0 aliphatic rings. The number of carbonyl (C=O) groups excluding carboxylic acids is 2. The van der Waals surface area contributed by atoms with Crippen LogP contribution in [-0.2, 0) is 4.79 Å². The van der Waals surface area contributed by atoms with Gasteiger partial charge in [-0.2, -0.15) is 0 Å². The molecule has 0 aromatic heterocycles. The highest BCUT2D eigenvalue weighted by atomic mass is 16.5. The molecule has 2 amide bonds. The number of nitrogen functional groups attached to an aromatic ring is 1. The van der Waals surface area contributed by atoms with Gasteiger partial charge in [-0.25, -0.2) is 0 Å². The van der Waals surface area contributed by atoms with Crippen molar-refractivity contribution in [1.82, 2.24) is 10.2 Å². The molecule has 6 heteroatoms. The fraction of sp³-hybridized carbons (Fsp3) is 0.467. The van der Waals surface area contributed by atoms with E-state index in [-0.39, 0.29) is 18.4 Å². The van der Waals surface area contributed by atoms with Crippen LogP contribution in [0.25, 0.3) is 0 Å². The lowest BCUT2D eigenvalue weighted by atomic mass is 10.1. The Morgan fingerprint density at radius 3 is 2.62 bits per heavy atom. The zero-order chi connectivity index (χ0) is 16.0. The van der Waals surface area contributed by atoms with Crippen molar-refractivity contribution in [1.29, 1.82) is 0 Å². The summed E-state index contributed by atoms with van der Waals surface area (Å²) < 4.78 is 5.15. The van der Waals surface area contributed by atoms with Gasteiger partial charge < -0.3 is 20.7 Å². The lowest BCUT2D eigenvalue weighted by Gasteiger charge is -2.19. The quantitative estimate of drug-likeness (QED) is 0.770. The number of nitrogens with two attached hydrogens (primary N) is 1. The lowest BCUT2D eigenvalue weighted by Crippen LogP contribution is -2.39. The Morgan fingerprint density at radius 1 is 1.38 bits per heavy atom. The van der Waals surface area contributed by atoms with Crippen molar-refractivity contribution < 1.29 is 14.3 Å². The molecule has 0 aliphatic carbocycles. The number of benzene rings is 1. The molecule has 116 valence electrons. The van der Waals surface area contributed by atoms with Gasteiger partial charge in [0.15, 0.2) is 0 Å². The Balaban J connectivity index is 2.74. The van der Waals surface area contributed by atoms with Gasteiger partial charge in [-0.05, 0) is 24.1 Å². The van der Waals surface area contributed by atoms with E-state index in [2.05, 4.69) is 5.32 Å². The Morgan fingerprint density at radius 2 is 2.05 bits per heavy atom. The van der Waals surface area contributed by atoms with Crippen LogP contribution in [0.15, 0.2) is 18.2 Å². The smallest absolute Gasteiger partial charge is 0.257 e. The largest absolute Gasteiger partial charge is 0.496 e. The summed E-state index contributed by atoms with van der Waals surface area (Å²) >= 11 is 0. The van der Waals surface area contributed by atoms with Crippen molar-refractivity contribution in [3.63, 3.8) is 0 Å². The van der Waals surface area contributed by atoms with E-state index in [0.717, 1.165) is 0 Å². The predicted molar refractivity (Wildman–Crippen MR) is 82.2 cm³/mol. The normalized spacial score (nSPS) is 10.3. The molecule has 1 aromatic rings. The summed E-state index contributed by atoms with van der Waals surface area (Å²) in [5.41, 5.74) is 6.51. The molecule has 3 N–H and O–H groups in total. The van der Waals surface area contributed by atoms with Gasteiger partial charge in [0.05, 0.1) is 19.2 Å². The average molecular weight is 293 g/mol. The van der Waals surface area contributed by atoms with E-state index in [1.54, 1.807) is 25.2 Å². The van der Waals surface area contributed by atoms with Crippen molar-refractivity contribution >= 4 is 17.5 Å². The first-order valence-corrected chi connectivity index (χ1v) is 6.80. The van der Waals surface area contributed by atoms with E-state index >= 15 is 0 Å². The van der Waals surface area contributed by atoms with Gasteiger partial charge in [0.25, 0.3) is 5.91 Å². The Hall–Kier alpha value is -2.24. The Bertz CT molecular complexity index is 515. The third-order valence-electron chi connectivity index (χ3n) is 2.89. The van der Waals surface area contributed by atoms with Crippen molar-refractivity contribution in [2.24, 2.45) is 5.92 Å². The van der Waals surface area contributed by atoms with Gasteiger partial charge >= 0.3 is 0 Å². The number of anilines is 1. The first-order valence-electron chi connectivity index (χ1n) is 6.80. The first kappa shape index (κ1) is 16.8. The highest BCUT2D eigenvalue weighted by Gasteiger charge is 2.19. The van der Waals surface area contributed by atoms with Gasteiger partial charge in [0.2, 0.25) is 5.91 Å².